The van der Waals surface area contributed by atoms with Crippen LogP contribution in [0.2, 0.25) is 0 Å². The number of benzene rings is 1. The molecule has 0 bridgehead atoms. The van der Waals surface area contributed by atoms with Gasteiger partial charge in [-0.2, -0.15) is 0 Å². The van der Waals surface area contributed by atoms with Crippen molar-refractivity contribution in [1.82, 2.24) is 10.6 Å². The molecule has 0 spiro atoms. The van der Waals surface area contributed by atoms with Gasteiger partial charge >= 0.3 is 0 Å². The van der Waals surface area contributed by atoms with Crippen LogP contribution in [0, 0.1) is 5.82 Å². The lowest BCUT2D eigenvalue weighted by molar-refractivity contribution is 0.0953. The molecule has 1 fully saturated rings. The van der Waals surface area contributed by atoms with Gasteiger partial charge in [0.15, 0.2) is 0 Å². The zero-order valence-corrected chi connectivity index (χ0v) is 11.6. The molecule has 1 aliphatic rings. The average Bonchev–Trinajstić information content (AvgIpc) is 3.16. The lowest BCUT2D eigenvalue weighted by atomic mass is 10.2. The SMILES string of the molecule is O=C(NCCCNC1CC1)c1ccc(F)c(Br)c1. The van der Waals surface area contributed by atoms with E-state index in [2.05, 4.69) is 26.6 Å². The molecule has 0 aromatic heterocycles. The molecule has 1 aromatic carbocycles. The normalized spacial score (nSPS) is 14.6. The van der Waals surface area contributed by atoms with Crippen molar-refractivity contribution in [2.45, 2.75) is 25.3 Å². The molecule has 2 N–H and O–H groups in total. The van der Waals surface area contributed by atoms with E-state index in [0.717, 1.165) is 13.0 Å². The van der Waals surface area contributed by atoms with Crippen molar-refractivity contribution in [2.24, 2.45) is 0 Å². The number of carbonyl (C=O) groups excluding carboxylic acids is 1. The topological polar surface area (TPSA) is 41.1 Å². The van der Waals surface area contributed by atoms with Crippen molar-refractivity contribution in [2.75, 3.05) is 13.1 Å². The van der Waals surface area contributed by atoms with Crippen LogP contribution < -0.4 is 10.6 Å². The molecule has 0 aliphatic heterocycles. The maximum atomic E-state index is 13.0. The maximum Gasteiger partial charge on any atom is 0.251 e. The van der Waals surface area contributed by atoms with Crippen LogP contribution in [-0.4, -0.2) is 25.0 Å². The van der Waals surface area contributed by atoms with Crippen molar-refractivity contribution in [1.29, 1.82) is 0 Å². The third-order valence-corrected chi connectivity index (χ3v) is 3.44. The molecule has 1 saturated carbocycles. The summed E-state index contributed by atoms with van der Waals surface area (Å²) in [5.74, 6) is -0.526. The Morgan fingerprint density at radius 2 is 2.17 bits per heavy atom. The lowest BCUT2D eigenvalue weighted by Gasteiger charge is -2.06. The quantitative estimate of drug-likeness (QED) is 0.792. The Bertz CT molecular complexity index is 435. The summed E-state index contributed by atoms with van der Waals surface area (Å²) < 4.78 is 13.3. The average molecular weight is 315 g/mol. The second kappa shape index (κ2) is 6.29. The van der Waals surface area contributed by atoms with Crippen molar-refractivity contribution in [3.8, 4) is 0 Å². The fourth-order valence-corrected chi connectivity index (χ4v) is 2.00. The highest BCUT2D eigenvalue weighted by molar-refractivity contribution is 9.10. The number of nitrogens with one attached hydrogen (secondary N) is 2. The lowest BCUT2D eigenvalue weighted by Crippen LogP contribution is -2.27. The zero-order chi connectivity index (χ0) is 13.0. The molecule has 2 rings (SSSR count). The van der Waals surface area contributed by atoms with E-state index < -0.39 is 0 Å². The highest BCUT2D eigenvalue weighted by Gasteiger charge is 2.19. The van der Waals surface area contributed by atoms with E-state index in [9.17, 15) is 9.18 Å². The van der Waals surface area contributed by atoms with E-state index in [4.69, 9.17) is 0 Å². The van der Waals surface area contributed by atoms with Gasteiger partial charge < -0.3 is 10.6 Å². The molecule has 0 unspecified atom stereocenters. The first-order chi connectivity index (χ1) is 8.66. The van der Waals surface area contributed by atoms with Crippen LogP contribution in [0.15, 0.2) is 22.7 Å². The smallest absolute Gasteiger partial charge is 0.251 e. The fourth-order valence-electron chi connectivity index (χ4n) is 1.62. The minimum absolute atomic E-state index is 0.165. The van der Waals surface area contributed by atoms with Gasteiger partial charge in [0.05, 0.1) is 4.47 Å². The number of halogens is 2. The van der Waals surface area contributed by atoms with Crippen LogP contribution >= 0.6 is 15.9 Å². The number of carbonyl (C=O) groups is 1. The summed E-state index contributed by atoms with van der Waals surface area (Å²) in [5, 5.41) is 6.20. The molecule has 0 saturated heterocycles. The summed E-state index contributed by atoms with van der Waals surface area (Å²) in [6.45, 7) is 1.56. The van der Waals surface area contributed by atoms with Gasteiger partial charge in [0.2, 0.25) is 0 Å². The Morgan fingerprint density at radius 3 is 2.83 bits per heavy atom. The van der Waals surface area contributed by atoms with E-state index in [0.29, 0.717) is 22.6 Å². The van der Waals surface area contributed by atoms with Crippen molar-refractivity contribution in [3.05, 3.63) is 34.1 Å². The highest BCUT2D eigenvalue weighted by Crippen LogP contribution is 2.18. The summed E-state index contributed by atoms with van der Waals surface area (Å²) >= 11 is 3.07. The van der Waals surface area contributed by atoms with Gasteiger partial charge in [0.25, 0.3) is 5.91 Å². The zero-order valence-electron chi connectivity index (χ0n) is 10.0. The number of hydrogen-bond acceptors (Lipinski definition) is 2. The molecule has 1 aromatic rings. The Balaban J connectivity index is 1.70. The van der Waals surface area contributed by atoms with Crippen LogP contribution in [0.5, 0.6) is 0 Å². The second-order valence-electron chi connectivity index (χ2n) is 4.47. The van der Waals surface area contributed by atoms with Crippen LogP contribution in [0.25, 0.3) is 0 Å². The van der Waals surface area contributed by atoms with Gasteiger partial charge in [-0.3, -0.25) is 4.79 Å². The molecule has 0 atom stereocenters. The van der Waals surface area contributed by atoms with Gasteiger partial charge in [-0.05, 0) is 59.9 Å². The van der Waals surface area contributed by atoms with Crippen LogP contribution in [0.4, 0.5) is 4.39 Å². The largest absolute Gasteiger partial charge is 0.352 e. The first-order valence-corrected chi connectivity index (χ1v) is 6.93. The standard InChI is InChI=1S/C13H16BrFN2O/c14-11-8-9(2-5-12(11)15)13(18)17-7-1-6-16-10-3-4-10/h2,5,8,10,16H,1,3-4,6-7H2,(H,17,18). The Hall–Kier alpha value is -0.940. The van der Waals surface area contributed by atoms with Gasteiger partial charge in [0, 0.05) is 18.2 Å². The Kier molecular flexibility index (Phi) is 4.72. The molecule has 1 aliphatic carbocycles. The number of hydrogen-bond donors (Lipinski definition) is 2. The van der Waals surface area contributed by atoms with Gasteiger partial charge in [-0.1, -0.05) is 0 Å². The minimum Gasteiger partial charge on any atom is -0.352 e. The summed E-state index contributed by atoms with van der Waals surface area (Å²) in [5.41, 5.74) is 0.471. The van der Waals surface area contributed by atoms with Crippen LogP contribution in [-0.2, 0) is 0 Å². The molecule has 0 radical (unpaired) electrons. The summed E-state index contributed by atoms with van der Waals surface area (Å²) in [6.07, 6.45) is 3.45. The minimum atomic E-state index is -0.361. The van der Waals surface area contributed by atoms with Crippen molar-refractivity contribution in [3.63, 3.8) is 0 Å². The molecule has 98 valence electrons. The number of rotatable bonds is 6. The highest BCUT2D eigenvalue weighted by atomic mass is 79.9. The van der Waals surface area contributed by atoms with E-state index in [1.165, 1.54) is 31.0 Å². The fraction of sp³-hybridized carbons (Fsp3) is 0.462. The van der Waals surface area contributed by atoms with Crippen molar-refractivity contribution < 1.29 is 9.18 Å². The van der Waals surface area contributed by atoms with Gasteiger partial charge in [0.1, 0.15) is 5.82 Å². The van der Waals surface area contributed by atoms with Crippen LogP contribution in [0.3, 0.4) is 0 Å². The third kappa shape index (κ3) is 4.07. The second-order valence-corrected chi connectivity index (χ2v) is 5.32. The molecule has 3 nitrogen and oxygen atoms in total. The summed E-state index contributed by atoms with van der Waals surface area (Å²) in [7, 11) is 0. The summed E-state index contributed by atoms with van der Waals surface area (Å²) in [6, 6.07) is 4.97. The monoisotopic (exact) mass is 314 g/mol. The van der Waals surface area contributed by atoms with E-state index >= 15 is 0 Å². The van der Waals surface area contributed by atoms with Gasteiger partial charge in [-0.25, -0.2) is 4.39 Å². The van der Waals surface area contributed by atoms with Crippen molar-refractivity contribution >= 4 is 21.8 Å². The first-order valence-electron chi connectivity index (χ1n) is 6.13. The summed E-state index contributed by atoms with van der Waals surface area (Å²) in [4.78, 5) is 11.7. The molecule has 0 heterocycles. The first kappa shape index (κ1) is 13.5. The van der Waals surface area contributed by atoms with Crippen LogP contribution in [0.1, 0.15) is 29.6 Å². The molecule has 18 heavy (non-hydrogen) atoms. The predicted octanol–water partition coefficient (Wildman–Crippen LogP) is 2.46. The molecule has 5 heteroatoms. The predicted molar refractivity (Wildman–Crippen MR) is 72.1 cm³/mol. The Morgan fingerprint density at radius 1 is 1.39 bits per heavy atom. The maximum absolute atomic E-state index is 13.0. The molecular weight excluding hydrogens is 299 g/mol. The molecule has 1 amide bonds. The Labute approximate surface area is 114 Å². The van der Waals surface area contributed by atoms with Gasteiger partial charge in [-0.15, -0.1) is 0 Å². The van der Waals surface area contributed by atoms with E-state index in [-0.39, 0.29) is 11.7 Å². The molecular formula is C13H16BrFN2O. The van der Waals surface area contributed by atoms with E-state index in [1.807, 2.05) is 0 Å². The van der Waals surface area contributed by atoms with E-state index in [1.54, 1.807) is 0 Å². The third-order valence-electron chi connectivity index (χ3n) is 2.83. The number of amides is 1.